The van der Waals surface area contributed by atoms with Crippen molar-refractivity contribution in [2.24, 2.45) is 0 Å². The van der Waals surface area contributed by atoms with Crippen LogP contribution in [0.15, 0.2) is 65.4 Å². The van der Waals surface area contributed by atoms with Gasteiger partial charge in [0, 0.05) is 27.4 Å². The first-order chi connectivity index (χ1) is 14.0. The molecule has 1 N–H and O–H groups in total. The number of H-pyrrole nitrogens is 1. The molecule has 146 valence electrons. The molecular weight excluding hydrogens is 440 g/mol. The van der Waals surface area contributed by atoms with Crippen molar-refractivity contribution in [2.75, 3.05) is 0 Å². The van der Waals surface area contributed by atoms with Gasteiger partial charge in [0.05, 0.1) is 11.9 Å². The summed E-state index contributed by atoms with van der Waals surface area (Å²) < 4.78 is 33.4. The van der Waals surface area contributed by atoms with Crippen molar-refractivity contribution in [3.05, 3.63) is 88.3 Å². The standard InChI is InChI=1S/C22H16BrF2N3O/c1-13-8-17(29-12-15-2-4-16(23)9-19(15)24)5-6-18(13)20-11-27-22(28-20)14-3-7-21(25)26-10-14/h2-11H,12H2,1H3,(H,27,28). The SMILES string of the molecule is Cc1cc(OCc2ccc(Br)cc2F)ccc1-c1cnc(-c2ccc(F)nc2)[nH]1. The van der Waals surface area contributed by atoms with Gasteiger partial charge in [0.25, 0.3) is 0 Å². The highest BCUT2D eigenvalue weighted by Crippen LogP contribution is 2.28. The van der Waals surface area contributed by atoms with Crippen LogP contribution in [0.2, 0.25) is 0 Å². The first-order valence-corrected chi connectivity index (χ1v) is 9.63. The van der Waals surface area contributed by atoms with E-state index in [1.165, 1.54) is 18.3 Å². The number of rotatable bonds is 5. The summed E-state index contributed by atoms with van der Waals surface area (Å²) in [7, 11) is 0. The normalized spacial score (nSPS) is 10.9. The van der Waals surface area contributed by atoms with Crippen molar-refractivity contribution < 1.29 is 13.5 Å². The number of nitrogens with zero attached hydrogens (tertiary/aromatic N) is 2. The maximum Gasteiger partial charge on any atom is 0.212 e. The zero-order valence-corrected chi connectivity index (χ0v) is 17.0. The predicted octanol–water partition coefficient (Wildman–Crippen LogP) is 6.07. The van der Waals surface area contributed by atoms with Gasteiger partial charge in [0.1, 0.15) is 24.0 Å². The van der Waals surface area contributed by atoms with Crippen LogP contribution in [0.1, 0.15) is 11.1 Å². The topological polar surface area (TPSA) is 50.8 Å². The molecule has 2 aromatic carbocycles. The van der Waals surface area contributed by atoms with Crippen molar-refractivity contribution in [1.29, 1.82) is 0 Å². The lowest BCUT2D eigenvalue weighted by atomic mass is 10.1. The van der Waals surface area contributed by atoms with Crippen LogP contribution in [0.4, 0.5) is 8.78 Å². The molecule has 4 aromatic rings. The molecule has 0 fully saturated rings. The zero-order chi connectivity index (χ0) is 20.4. The van der Waals surface area contributed by atoms with Crippen LogP contribution in [0.5, 0.6) is 5.75 Å². The Morgan fingerprint density at radius 2 is 1.86 bits per heavy atom. The van der Waals surface area contributed by atoms with E-state index >= 15 is 0 Å². The Morgan fingerprint density at radius 1 is 1.00 bits per heavy atom. The molecule has 0 saturated carbocycles. The van der Waals surface area contributed by atoms with Gasteiger partial charge in [-0.1, -0.05) is 22.0 Å². The summed E-state index contributed by atoms with van der Waals surface area (Å²) >= 11 is 3.24. The van der Waals surface area contributed by atoms with E-state index in [0.717, 1.165) is 16.8 Å². The third-order valence-corrected chi connectivity index (χ3v) is 4.97. The first-order valence-electron chi connectivity index (χ1n) is 8.84. The number of nitrogens with one attached hydrogen (secondary N) is 1. The molecule has 0 saturated heterocycles. The monoisotopic (exact) mass is 455 g/mol. The highest BCUT2D eigenvalue weighted by atomic mass is 79.9. The van der Waals surface area contributed by atoms with Crippen LogP contribution < -0.4 is 4.74 Å². The Labute approximate surface area is 174 Å². The van der Waals surface area contributed by atoms with E-state index in [9.17, 15) is 8.78 Å². The number of imidazole rings is 1. The number of aromatic amines is 1. The minimum atomic E-state index is -0.532. The number of halogens is 3. The van der Waals surface area contributed by atoms with E-state index < -0.39 is 5.95 Å². The molecule has 0 bridgehead atoms. The fourth-order valence-corrected chi connectivity index (χ4v) is 3.28. The fraction of sp³-hybridized carbons (Fsp3) is 0.0909. The van der Waals surface area contributed by atoms with E-state index in [1.54, 1.807) is 24.4 Å². The number of aryl methyl sites for hydroxylation is 1. The summed E-state index contributed by atoms with van der Waals surface area (Å²) in [5.41, 5.74) is 3.95. The van der Waals surface area contributed by atoms with Crippen molar-refractivity contribution in [1.82, 2.24) is 15.0 Å². The molecule has 2 heterocycles. The second-order valence-corrected chi connectivity index (χ2v) is 7.43. The number of pyridine rings is 1. The highest BCUT2D eigenvalue weighted by Gasteiger charge is 2.10. The molecule has 0 atom stereocenters. The lowest BCUT2D eigenvalue weighted by Gasteiger charge is -2.10. The van der Waals surface area contributed by atoms with Crippen LogP contribution in [0.25, 0.3) is 22.6 Å². The summed E-state index contributed by atoms with van der Waals surface area (Å²) in [6.07, 6.45) is 3.15. The zero-order valence-electron chi connectivity index (χ0n) is 15.4. The van der Waals surface area contributed by atoms with Gasteiger partial charge in [-0.2, -0.15) is 4.39 Å². The largest absolute Gasteiger partial charge is 0.489 e. The average molecular weight is 456 g/mol. The second kappa shape index (κ2) is 8.13. The molecule has 0 radical (unpaired) electrons. The molecule has 0 amide bonds. The molecule has 4 nitrogen and oxygen atoms in total. The third-order valence-electron chi connectivity index (χ3n) is 4.47. The van der Waals surface area contributed by atoms with Crippen molar-refractivity contribution in [3.63, 3.8) is 0 Å². The maximum absolute atomic E-state index is 13.9. The summed E-state index contributed by atoms with van der Waals surface area (Å²) in [5.74, 6) is 0.414. The van der Waals surface area contributed by atoms with Gasteiger partial charge in [0.15, 0.2) is 0 Å². The van der Waals surface area contributed by atoms with E-state index in [0.29, 0.717) is 27.2 Å². The van der Waals surface area contributed by atoms with E-state index in [2.05, 4.69) is 30.9 Å². The van der Waals surface area contributed by atoms with Crippen LogP contribution in [-0.4, -0.2) is 15.0 Å². The average Bonchev–Trinajstić information content (AvgIpc) is 3.18. The van der Waals surface area contributed by atoms with E-state index in [1.807, 2.05) is 25.1 Å². The molecule has 2 aromatic heterocycles. The highest BCUT2D eigenvalue weighted by molar-refractivity contribution is 9.10. The van der Waals surface area contributed by atoms with Crippen LogP contribution in [0, 0.1) is 18.7 Å². The Kier molecular flexibility index (Phi) is 5.40. The Balaban J connectivity index is 1.51. The minimum absolute atomic E-state index is 0.143. The molecule has 29 heavy (non-hydrogen) atoms. The minimum Gasteiger partial charge on any atom is -0.489 e. The van der Waals surface area contributed by atoms with E-state index in [-0.39, 0.29) is 12.4 Å². The molecular formula is C22H16BrF2N3O. The van der Waals surface area contributed by atoms with Gasteiger partial charge in [-0.15, -0.1) is 0 Å². The van der Waals surface area contributed by atoms with Crippen molar-refractivity contribution in [3.8, 4) is 28.4 Å². The Bertz CT molecular complexity index is 1160. The summed E-state index contributed by atoms with van der Waals surface area (Å²) in [4.78, 5) is 11.2. The predicted molar refractivity (Wildman–Crippen MR) is 110 cm³/mol. The second-order valence-electron chi connectivity index (χ2n) is 6.52. The number of benzene rings is 2. The van der Waals surface area contributed by atoms with Crippen LogP contribution in [0.3, 0.4) is 0 Å². The van der Waals surface area contributed by atoms with Gasteiger partial charge >= 0.3 is 0 Å². The van der Waals surface area contributed by atoms with Crippen molar-refractivity contribution in [2.45, 2.75) is 13.5 Å². The summed E-state index contributed by atoms with van der Waals surface area (Å²) in [6.45, 7) is 2.10. The molecule has 4 rings (SSSR count). The van der Waals surface area contributed by atoms with Gasteiger partial charge in [-0.05, 0) is 55.0 Å². The van der Waals surface area contributed by atoms with Crippen molar-refractivity contribution >= 4 is 15.9 Å². The molecule has 0 aliphatic heterocycles. The molecule has 0 unspecified atom stereocenters. The van der Waals surface area contributed by atoms with Gasteiger partial charge in [-0.25, -0.2) is 14.4 Å². The van der Waals surface area contributed by atoms with Gasteiger partial charge in [-0.3, -0.25) is 0 Å². The summed E-state index contributed by atoms with van der Waals surface area (Å²) in [5, 5.41) is 0. The van der Waals surface area contributed by atoms with Gasteiger partial charge < -0.3 is 9.72 Å². The maximum atomic E-state index is 13.9. The molecule has 0 spiro atoms. The van der Waals surface area contributed by atoms with E-state index in [4.69, 9.17) is 4.74 Å². The molecule has 7 heteroatoms. The summed E-state index contributed by atoms with van der Waals surface area (Å²) in [6, 6.07) is 13.5. The van der Waals surface area contributed by atoms with Gasteiger partial charge in [0.2, 0.25) is 5.95 Å². The lowest BCUT2D eigenvalue weighted by molar-refractivity contribution is 0.299. The number of hydrogen-bond donors (Lipinski definition) is 1. The smallest absolute Gasteiger partial charge is 0.212 e. The third kappa shape index (κ3) is 4.35. The van der Waals surface area contributed by atoms with Crippen LogP contribution >= 0.6 is 15.9 Å². The lowest BCUT2D eigenvalue weighted by Crippen LogP contribution is -1.99. The number of aromatic nitrogens is 3. The molecule has 0 aliphatic rings. The Hall–Kier alpha value is -3.06. The first kappa shape index (κ1) is 19.3. The number of hydrogen-bond acceptors (Lipinski definition) is 3. The fourth-order valence-electron chi connectivity index (χ4n) is 2.95. The van der Waals surface area contributed by atoms with Crippen LogP contribution in [-0.2, 0) is 6.61 Å². The molecule has 0 aliphatic carbocycles. The number of ether oxygens (including phenoxy) is 1. The quantitative estimate of drug-likeness (QED) is 0.371. The Morgan fingerprint density at radius 3 is 2.59 bits per heavy atom.